The fourth-order valence-corrected chi connectivity index (χ4v) is 3.98. The van der Waals surface area contributed by atoms with Crippen LogP contribution in [0.4, 0.5) is 30.5 Å². The molecule has 0 aliphatic heterocycles. The second-order valence-electron chi connectivity index (χ2n) is 8.99. The summed E-state index contributed by atoms with van der Waals surface area (Å²) in [5.74, 6) is 5.42. The van der Waals surface area contributed by atoms with Crippen molar-refractivity contribution in [2.75, 3.05) is 50.2 Å². The van der Waals surface area contributed by atoms with Crippen LogP contribution >= 0.6 is 11.6 Å². The van der Waals surface area contributed by atoms with Crippen LogP contribution in [0.25, 0.3) is 0 Å². The molecule has 3 N–H and O–H groups in total. The maximum atomic E-state index is 13.6. The predicted molar refractivity (Wildman–Crippen MR) is 144 cm³/mol. The SMILES string of the molecule is Cc1ccc(C(=O)Nc2cc(C(F)(F)F)cc(Cl)c2N(C)CCCN(C)C)cc1C#Cc1cnc(N)nc1. The minimum atomic E-state index is -4.64. The standard InChI is InChI=1S/C27H28ClF3N6O/c1-17-6-8-20(12-19(17)9-7-18-15-33-26(32)34-16-18)25(38)35-23-14-21(27(29,30)31)13-22(28)24(23)37(4)11-5-10-36(2)3/h6,8,12-16H,5,10-11H2,1-4H3,(H,35,38)(H2,32,33,34). The Morgan fingerprint density at radius 2 is 1.76 bits per heavy atom. The number of carbonyl (C=O) groups is 1. The summed E-state index contributed by atoms with van der Waals surface area (Å²) in [4.78, 5) is 24.7. The molecule has 0 fully saturated rings. The fourth-order valence-electron chi connectivity index (χ4n) is 3.62. The molecule has 11 heteroatoms. The largest absolute Gasteiger partial charge is 0.416 e. The highest BCUT2D eigenvalue weighted by molar-refractivity contribution is 6.34. The third-order valence-corrected chi connectivity index (χ3v) is 5.92. The highest BCUT2D eigenvalue weighted by Gasteiger charge is 2.33. The van der Waals surface area contributed by atoms with E-state index in [-0.39, 0.29) is 22.2 Å². The van der Waals surface area contributed by atoms with Crippen LogP contribution in [-0.2, 0) is 6.18 Å². The quantitative estimate of drug-likeness (QED) is 0.403. The number of hydrogen-bond donors (Lipinski definition) is 2. The third kappa shape index (κ3) is 7.60. The average molecular weight is 545 g/mol. The zero-order valence-electron chi connectivity index (χ0n) is 21.4. The zero-order chi connectivity index (χ0) is 28.0. The summed E-state index contributed by atoms with van der Waals surface area (Å²) in [5, 5.41) is 2.52. The number of nitrogens with zero attached hydrogens (tertiary/aromatic N) is 4. The van der Waals surface area contributed by atoms with Crippen molar-refractivity contribution in [1.29, 1.82) is 0 Å². The maximum Gasteiger partial charge on any atom is 0.416 e. The molecule has 0 saturated carbocycles. The number of alkyl halides is 3. The number of rotatable bonds is 7. The van der Waals surface area contributed by atoms with Crippen LogP contribution < -0.4 is 16.0 Å². The van der Waals surface area contributed by atoms with Gasteiger partial charge >= 0.3 is 6.18 Å². The summed E-state index contributed by atoms with van der Waals surface area (Å²) in [7, 11) is 5.58. The highest BCUT2D eigenvalue weighted by Crippen LogP contribution is 2.40. The van der Waals surface area contributed by atoms with Gasteiger partial charge < -0.3 is 20.9 Å². The molecule has 200 valence electrons. The van der Waals surface area contributed by atoms with E-state index >= 15 is 0 Å². The summed E-state index contributed by atoms with van der Waals surface area (Å²) in [5.41, 5.74) is 6.95. The van der Waals surface area contributed by atoms with Crippen LogP contribution in [0.3, 0.4) is 0 Å². The van der Waals surface area contributed by atoms with Crippen LogP contribution in [0, 0.1) is 18.8 Å². The predicted octanol–water partition coefficient (Wildman–Crippen LogP) is 5.08. The number of nitrogens with two attached hydrogens (primary N) is 1. The molecule has 0 aliphatic rings. The van der Waals surface area contributed by atoms with Gasteiger partial charge in [-0.25, -0.2) is 9.97 Å². The van der Waals surface area contributed by atoms with Gasteiger partial charge in [0.25, 0.3) is 5.91 Å². The lowest BCUT2D eigenvalue weighted by Gasteiger charge is -2.26. The van der Waals surface area contributed by atoms with E-state index in [1.165, 1.54) is 12.4 Å². The number of halogens is 4. The van der Waals surface area contributed by atoms with Crippen LogP contribution in [0.2, 0.25) is 5.02 Å². The molecule has 1 aromatic heterocycles. The molecule has 2 aromatic carbocycles. The van der Waals surface area contributed by atoms with Crippen LogP contribution in [-0.4, -0.2) is 55.0 Å². The second-order valence-corrected chi connectivity index (χ2v) is 9.40. The first-order valence-electron chi connectivity index (χ1n) is 11.6. The molecule has 1 heterocycles. The minimum Gasteiger partial charge on any atom is -0.372 e. The number of nitrogen functional groups attached to an aromatic ring is 1. The molecule has 0 aliphatic carbocycles. The Kier molecular flexibility index (Phi) is 9.20. The molecule has 0 spiro atoms. The molecule has 0 radical (unpaired) electrons. The van der Waals surface area contributed by atoms with E-state index in [1.54, 1.807) is 30.1 Å². The Balaban J connectivity index is 1.93. The van der Waals surface area contributed by atoms with E-state index in [0.29, 0.717) is 23.4 Å². The minimum absolute atomic E-state index is 0.0330. The molecule has 38 heavy (non-hydrogen) atoms. The summed E-state index contributed by atoms with van der Waals surface area (Å²) in [6, 6.07) is 6.64. The van der Waals surface area contributed by atoms with Gasteiger partial charge in [-0.2, -0.15) is 13.2 Å². The smallest absolute Gasteiger partial charge is 0.372 e. The first-order chi connectivity index (χ1) is 17.8. The van der Waals surface area contributed by atoms with E-state index in [0.717, 1.165) is 30.7 Å². The van der Waals surface area contributed by atoms with Gasteiger partial charge in [-0.05, 0) is 63.8 Å². The van der Waals surface area contributed by atoms with E-state index in [9.17, 15) is 18.0 Å². The number of hydrogen-bond acceptors (Lipinski definition) is 6. The van der Waals surface area contributed by atoms with Crippen molar-refractivity contribution in [3.05, 3.63) is 75.6 Å². The lowest BCUT2D eigenvalue weighted by molar-refractivity contribution is -0.137. The first kappa shape index (κ1) is 28.8. The number of carbonyl (C=O) groups excluding carboxylic acids is 1. The van der Waals surface area contributed by atoms with Gasteiger partial charge in [0, 0.05) is 37.1 Å². The highest BCUT2D eigenvalue weighted by atomic mass is 35.5. The lowest BCUT2D eigenvalue weighted by Crippen LogP contribution is -2.25. The molecule has 7 nitrogen and oxygen atoms in total. The molecule has 1 amide bonds. The van der Waals surface area contributed by atoms with E-state index in [1.807, 2.05) is 25.9 Å². The van der Waals surface area contributed by atoms with Crippen LogP contribution in [0.1, 0.15) is 39.0 Å². The molecule has 0 atom stereocenters. The number of aryl methyl sites for hydroxylation is 1. The van der Waals surface area contributed by atoms with Crippen molar-refractivity contribution in [2.24, 2.45) is 0 Å². The monoisotopic (exact) mass is 544 g/mol. The average Bonchev–Trinajstić information content (AvgIpc) is 2.83. The van der Waals surface area contributed by atoms with E-state index in [2.05, 4.69) is 27.1 Å². The fraction of sp³-hybridized carbons (Fsp3) is 0.296. The topological polar surface area (TPSA) is 87.4 Å². The Morgan fingerprint density at radius 3 is 2.39 bits per heavy atom. The first-order valence-corrected chi connectivity index (χ1v) is 12.0. The summed E-state index contributed by atoms with van der Waals surface area (Å²) in [6.45, 7) is 3.13. The second kappa shape index (κ2) is 12.2. The van der Waals surface area contributed by atoms with Crippen molar-refractivity contribution < 1.29 is 18.0 Å². The molecule has 0 saturated heterocycles. The number of anilines is 3. The third-order valence-electron chi connectivity index (χ3n) is 5.63. The number of nitrogens with one attached hydrogen (secondary N) is 1. The van der Waals surface area contributed by atoms with Crippen molar-refractivity contribution in [3.63, 3.8) is 0 Å². The Morgan fingerprint density at radius 1 is 1.08 bits per heavy atom. The van der Waals surface area contributed by atoms with Gasteiger partial charge in [0.15, 0.2) is 0 Å². The molecule has 3 rings (SSSR count). The molecular weight excluding hydrogens is 517 g/mol. The van der Waals surface area contributed by atoms with Gasteiger partial charge in [-0.15, -0.1) is 0 Å². The number of benzene rings is 2. The van der Waals surface area contributed by atoms with E-state index in [4.69, 9.17) is 17.3 Å². The molecule has 0 unspecified atom stereocenters. The molecule has 0 bridgehead atoms. The maximum absolute atomic E-state index is 13.6. The van der Waals surface area contributed by atoms with Crippen LogP contribution in [0.15, 0.2) is 42.7 Å². The lowest BCUT2D eigenvalue weighted by atomic mass is 10.0. The zero-order valence-corrected chi connectivity index (χ0v) is 22.2. The van der Waals surface area contributed by atoms with Gasteiger partial charge in [0.2, 0.25) is 5.95 Å². The van der Waals surface area contributed by atoms with Crippen molar-refractivity contribution in [2.45, 2.75) is 19.5 Å². The summed E-state index contributed by atoms with van der Waals surface area (Å²) < 4.78 is 40.7. The van der Waals surface area contributed by atoms with Gasteiger partial charge in [-0.1, -0.05) is 29.5 Å². The Labute approximate surface area is 224 Å². The molecular formula is C27H28ClF3N6O. The Hall–Kier alpha value is -3.81. The molecule has 3 aromatic rings. The van der Waals surface area contributed by atoms with Gasteiger partial charge in [-0.3, -0.25) is 4.79 Å². The summed E-state index contributed by atoms with van der Waals surface area (Å²) >= 11 is 6.32. The van der Waals surface area contributed by atoms with Crippen molar-refractivity contribution in [3.8, 4) is 11.8 Å². The Bertz CT molecular complexity index is 1360. The number of amides is 1. The van der Waals surface area contributed by atoms with E-state index < -0.39 is 17.6 Å². The normalized spacial score (nSPS) is 11.2. The van der Waals surface area contributed by atoms with Gasteiger partial charge in [0.05, 0.1) is 27.5 Å². The number of aromatic nitrogens is 2. The van der Waals surface area contributed by atoms with Gasteiger partial charge in [0.1, 0.15) is 0 Å². The summed E-state index contributed by atoms with van der Waals surface area (Å²) in [6.07, 6.45) is -0.929. The van der Waals surface area contributed by atoms with Crippen LogP contribution in [0.5, 0.6) is 0 Å². The van der Waals surface area contributed by atoms with Crippen molar-refractivity contribution in [1.82, 2.24) is 14.9 Å². The van der Waals surface area contributed by atoms with Crippen molar-refractivity contribution >= 4 is 34.8 Å².